The number of nitrogens with two attached hydrogens (primary N) is 1. The lowest BCUT2D eigenvalue weighted by molar-refractivity contribution is -0.304. The number of imidazole rings is 1. The number of cyclic esters (lactones) is 2. The summed E-state index contributed by atoms with van der Waals surface area (Å²) in [4.78, 5) is 38.0. The Hall–Kier alpha value is -2.83. The SMILES string of the molecule is CC[C@H]1O[C@@H](n2cnc3c(N)ncnc32)C(O)C2(C(=O)OC(C)(C)OC2=O)C1O. The van der Waals surface area contributed by atoms with E-state index in [1.807, 2.05) is 0 Å². The molecule has 2 saturated heterocycles. The predicted molar refractivity (Wildman–Crippen MR) is 94.6 cm³/mol. The summed E-state index contributed by atoms with van der Waals surface area (Å²) in [6.45, 7) is 4.46. The van der Waals surface area contributed by atoms with E-state index in [4.69, 9.17) is 19.9 Å². The highest BCUT2D eigenvalue weighted by molar-refractivity contribution is 6.03. The monoisotopic (exact) mass is 407 g/mol. The molecule has 2 aliphatic heterocycles. The van der Waals surface area contributed by atoms with Crippen molar-refractivity contribution in [2.24, 2.45) is 5.41 Å². The molecule has 0 aliphatic carbocycles. The second-order valence-electron chi connectivity index (χ2n) is 7.49. The topological polar surface area (TPSA) is 172 Å². The summed E-state index contributed by atoms with van der Waals surface area (Å²) in [5.41, 5.74) is 3.89. The lowest BCUT2D eigenvalue weighted by Crippen LogP contribution is -2.71. The van der Waals surface area contributed by atoms with Crippen molar-refractivity contribution >= 4 is 28.9 Å². The number of fused-ring (bicyclic) bond motifs is 1. The summed E-state index contributed by atoms with van der Waals surface area (Å²) in [5, 5.41) is 22.0. The first kappa shape index (κ1) is 19.5. The van der Waals surface area contributed by atoms with Gasteiger partial charge in [0.2, 0.25) is 5.41 Å². The first-order valence-electron chi connectivity index (χ1n) is 9.05. The van der Waals surface area contributed by atoms with E-state index in [1.165, 1.54) is 31.1 Å². The van der Waals surface area contributed by atoms with Gasteiger partial charge in [-0.1, -0.05) is 6.92 Å². The molecule has 2 unspecified atom stereocenters. The number of rotatable bonds is 2. The van der Waals surface area contributed by atoms with E-state index in [2.05, 4.69) is 15.0 Å². The number of carbonyl (C=O) groups excluding carboxylic acids is 2. The minimum absolute atomic E-state index is 0.110. The van der Waals surface area contributed by atoms with Crippen LogP contribution in [0.2, 0.25) is 0 Å². The molecule has 0 radical (unpaired) electrons. The number of esters is 2. The largest absolute Gasteiger partial charge is 0.422 e. The molecule has 2 aromatic heterocycles. The number of anilines is 1. The summed E-state index contributed by atoms with van der Waals surface area (Å²) in [6.07, 6.45) is -3.09. The van der Waals surface area contributed by atoms with E-state index in [9.17, 15) is 19.8 Å². The summed E-state index contributed by atoms with van der Waals surface area (Å²) in [6, 6.07) is 0. The Bertz CT molecular complexity index is 970. The standard InChI is InChI=1S/C17H21N5O7/c1-4-7-9(23)17(14(25)28-16(2,3)29-15(17)26)10(24)13(27-7)22-6-21-8-11(18)19-5-20-12(8)22/h5-7,9-10,13,23-24H,4H2,1-3H3,(H2,18,19,20)/t7-,9?,10?,13-/m1/s1. The molecule has 12 nitrogen and oxygen atoms in total. The maximum Gasteiger partial charge on any atom is 0.332 e. The highest BCUT2D eigenvalue weighted by Crippen LogP contribution is 2.48. The second-order valence-corrected chi connectivity index (χ2v) is 7.49. The minimum atomic E-state index is -2.39. The quantitative estimate of drug-likeness (QED) is 0.423. The number of hydrogen-bond donors (Lipinski definition) is 3. The molecular weight excluding hydrogens is 386 g/mol. The number of ether oxygens (including phenoxy) is 3. The molecule has 4 N–H and O–H groups in total. The first-order chi connectivity index (χ1) is 13.6. The third-order valence-electron chi connectivity index (χ3n) is 5.29. The van der Waals surface area contributed by atoms with Gasteiger partial charge < -0.3 is 30.2 Å². The Morgan fingerprint density at radius 1 is 1.14 bits per heavy atom. The van der Waals surface area contributed by atoms with E-state index >= 15 is 0 Å². The average molecular weight is 407 g/mol. The van der Waals surface area contributed by atoms with Crippen LogP contribution in [0.4, 0.5) is 5.82 Å². The van der Waals surface area contributed by atoms with Gasteiger partial charge in [0, 0.05) is 13.8 Å². The Morgan fingerprint density at radius 2 is 1.79 bits per heavy atom. The molecule has 4 rings (SSSR count). The average Bonchev–Trinajstić information content (AvgIpc) is 3.06. The van der Waals surface area contributed by atoms with Gasteiger partial charge >= 0.3 is 11.9 Å². The fraction of sp³-hybridized carbons (Fsp3) is 0.588. The van der Waals surface area contributed by atoms with Gasteiger partial charge in [0.05, 0.1) is 12.4 Å². The van der Waals surface area contributed by atoms with Gasteiger partial charge in [0.1, 0.15) is 24.1 Å². The summed E-state index contributed by atoms with van der Waals surface area (Å²) < 4.78 is 17.6. The molecular formula is C17H21N5O7. The zero-order valence-corrected chi connectivity index (χ0v) is 16.0. The van der Waals surface area contributed by atoms with Crippen LogP contribution in [-0.2, 0) is 23.8 Å². The molecule has 4 atom stereocenters. The van der Waals surface area contributed by atoms with Crippen LogP contribution >= 0.6 is 0 Å². The van der Waals surface area contributed by atoms with Crippen LogP contribution in [0.25, 0.3) is 11.2 Å². The van der Waals surface area contributed by atoms with E-state index in [1.54, 1.807) is 6.92 Å². The summed E-state index contributed by atoms with van der Waals surface area (Å²) in [5.74, 6) is -3.61. The van der Waals surface area contributed by atoms with Gasteiger partial charge in [-0.15, -0.1) is 0 Å². The van der Waals surface area contributed by atoms with Gasteiger partial charge in [-0.3, -0.25) is 14.2 Å². The summed E-state index contributed by atoms with van der Waals surface area (Å²) >= 11 is 0. The van der Waals surface area contributed by atoms with Crippen molar-refractivity contribution in [3.05, 3.63) is 12.7 Å². The zero-order valence-electron chi connectivity index (χ0n) is 16.0. The van der Waals surface area contributed by atoms with Gasteiger partial charge in [-0.05, 0) is 6.42 Å². The van der Waals surface area contributed by atoms with Crippen LogP contribution in [0.1, 0.15) is 33.4 Å². The predicted octanol–water partition coefficient (Wildman–Crippen LogP) is -0.740. The zero-order chi connectivity index (χ0) is 21.1. The Labute approximate surface area is 164 Å². The van der Waals surface area contributed by atoms with Crippen molar-refractivity contribution in [1.29, 1.82) is 0 Å². The molecule has 2 fully saturated rings. The molecule has 2 aliphatic rings. The number of aliphatic hydroxyl groups is 2. The van der Waals surface area contributed by atoms with Crippen molar-refractivity contribution < 1.29 is 34.0 Å². The molecule has 0 saturated carbocycles. The number of hydrogen-bond acceptors (Lipinski definition) is 11. The summed E-state index contributed by atoms with van der Waals surface area (Å²) in [7, 11) is 0. The van der Waals surface area contributed by atoms with Crippen LogP contribution in [0.3, 0.4) is 0 Å². The highest BCUT2D eigenvalue weighted by Gasteiger charge is 2.70. The van der Waals surface area contributed by atoms with Crippen molar-refractivity contribution in [3.63, 3.8) is 0 Å². The van der Waals surface area contributed by atoms with Gasteiger partial charge in [-0.25, -0.2) is 15.0 Å². The van der Waals surface area contributed by atoms with Crippen LogP contribution in [0, 0.1) is 5.41 Å². The molecule has 0 aromatic carbocycles. The normalized spacial score (nSPS) is 30.9. The molecule has 12 heteroatoms. The lowest BCUT2D eigenvalue weighted by atomic mass is 9.70. The lowest BCUT2D eigenvalue weighted by Gasteiger charge is -2.51. The number of nitrogen functional groups attached to an aromatic ring is 1. The number of aromatic nitrogens is 4. The van der Waals surface area contributed by atoms with Gasteiger partial charge in [-0.2, -0.15) is 0 Å². The molecule has 0 bridgehead atoms. The first-order valence-corrected chi connectivity index (χ1v) is 9.05. The minimum Gasteiger partial charge on any atom is -0.422 e. The maximum absolute atomic E-state index is 12.9. The third-order valence-corrected chi connectivity index (χ3v) is 5.29. The number of aliphatic hydroxyl groups excluding tert-OH is 2. The molecule has 29 heavy (non-hydrogen) atoms. The molecule has 4 heterocycles. The Morgan fingerprint density at radius 3 is 2.41 bits per heavy atom. The van der Waals surface area contributed by atoms with Crippen LogP contribution < -0.4 is 5.73 Å². The fourth-order valence-electron chi connectivity index (χ4n) is 3.82. The van der Waals surface area contributed by atoms with Crippen LogP contribution in [0.15, 0.2) is 12.7 Å². The second kappa shape index (κ2) is 6.34. The maximum atomic E-state index is 12.9. The number of carbonyl (C=O) groups is 2. The third kappa shape index (κ3) is 2.59. The van der Waals surface area contributed by atoms with E-state index in [0.29, 0.717) is 0 Å². The smallest absolute Gasteiger partial charge is 0.332 e. The Kier molecular flexibility index (Phi) is 4.26. The molecule has 1 spiro atoms. The van der Waals surface area contributed by atoms with Crippen LogP contribution in [0.5, 0.6) is 0 Å². The van der Waals surface area contributed by atoms with E-state index in [0.717, 1.165) is 0 Å². The van der Waals surface area contributed by atoms with Crippen molar-refractivity contribution in [2.75, 3.05) is 5.73 Å². The Balaban J connectivity index is 1.86. The van der Waals surface area contributed by atoms with E-state index in [-0.39, 0.29) is 23.4 Å². The van der Waals surface area contributed by atoms with Gasteiger partial charge in [0.25, 0.3) is 5.79 Å². The van der Waals surface area contributed by atoms with Crippen molar-refractivity contribution in [3.8, 4) is 0 Å². The van der Waals surface area contributed by atoms with Crippen LogP contribution in [-0.4, -0.2) is 65.8 Å². The number of nitrogens with zero attached hydrogens (tertiary/aromatic N) is 4. The highest BCUT2D eigenvalue weighted by atomic mass is 16.7. The molecule has 2 aromatic rings. The fourth-order valence-corrected chi connectivity index (χ4v) is 3.82. The molecule has 0 amide bonds. The molecule has 156 valence electrons. The van der Waals surface area contributed by atoms with Crippen molar-refractivity contribution in [2.45, 2.75) is 57.5 Å². The van der Waals surface area contributed by atoms with Crippen molar-refractivity contribution in [1.82, 2.24) is 19.5 Å². The van der Waals surface area contributed by atoms with Gasteiger partial charge in [0.15, 0.2) is 17.7 Å². The van der Waals surface area contributed by atoms with E-state index < -0.39 is 47.7 Å².